The highest BCUT2D eigenvalue weighted by atomic mass is 14.8. The van der Waals surface area contributed by atoms with Crippen LogP contribution in [0.25, 0.3) is 22.5 Å². The van der Waals surface area contributed by atoms with E-state index in [9.17, 15) is 0 Å². The van der Waals surface area contributed by atoms with Crippen LogP contribution in [0.1, 0.15) is 12.6 Å². The van der Waals surface area contributed by atoms with Gasteiger partial charge in [0.25, 0.3) is 0 Å². The second-order valence-corrected chi connectivity index (χ2v) is 4.64. The molecule has 1 heterocycles. The van der Waals surface area contributed by atoms with E-state index in [1.807, 2.05) is 42.6 Å². The van der Waals surface area contributed by atoms with Gasteiger partial charge >= 0.3 is 0 Å². The van der Waals surface area contributed by atoms with E-state index in [-0.39, 0.29) is 0 Å². The van der Waals surface area contributed by atoms with Crippen molar-refractivity contribution >= 4 is 0 Å². The second kappa shape index (κ2) is 5.66. The van der Waals surface area contributed by atoms with E-state index in [0.717, 1.165) is 34.6 Å². The number of rotatable bonds is 3. The third kappa shape index (κ3) is 2.45. The summed E-state index contributed by atoms with van der Waals surface area (Å²) in [5.41, 5.74) is 5.15. The smallest absolute Gasteiger partial charge is 0.0924 e. The molecule has 20 heavy (non-hydrogen) atoms. The third-order valence-corrected chi connectivity index (χ3v) is 3.30. The molecule has 0 aliphatic carbocycles. The van der Waals surface area contributed by atoms with Crippen molar-refractivity contribution in [2.45, 2.75) is 13.3 Å². The Kier molecular flexibility index (Phi) is 3.55. The summed E-state index contributed by atoms with van der Waals surface area (Å²) in [5, 5.41) is 0. The molecule has 0 spiro atoms. The van der Waals surface area contributed by atoms with Crippen molar-refractivity contribution in [2.75, 3.05) is 0 Å². The van der Waals surface area contributed by atoms with Crippen LogP contribution in [0.3, 0.4) is 0 Å². The topological polar surface area (TPSA) is 25.8 Å². The SMILES string of the molecule is CCc1ncc(-c2ccccc2)nc1-c1ccccc1. The predicted octanol–water partition coefficient (Wildman–Crippen LogP) is 4.37. The Morgan fingerprint density at radius 2 is 1.40 bits per heavy atom. The first-order valence-corrected chi connectivity index (χ1v) is 6.85. The molecule has 2 heteroatoms. The molecule has 98 valence electrons. The van der Waals surface area contributed by atoms with Gasteiger partial charge in [0, 0.05) is 11.1 Å². The van der Waals surface area contributed by atoms with E-state index in [4.69, 9.17) is 4.98 Å². The Bertz CT molecular complexity index is 691. The highest BCUT2D eigenvalue weighted by molar-refractivity contribution is 5.66. The molecule has 3 rings (SSSR count). The van der Waals surface area contributed by atoms with Crippen LogP contribution in [0, 0.1) is 0 Å². The van der Waals surface area contributed by atoms with Gasteiger partial charge in [0.05, 0.1) is 23.3 Å². The van der Waals surface area contributed by atoms with E-state index in [0.29, 0.717) is 0 Å². The summed E-state index contributed by atoms with van der Waals surface area (Å²) in [4.78, 5) is 9.41. The molecule has 0 unspecified atom stereocenters. The van der Waals surface area contributed by atoms with Crippen LogP contribution in [-0.4, -0.2) is 9.97 Å². The van der Waals surface area contributed by atoms with Crippen LogP contribution in [0.15, 0.2) is 66.9 Å². The van der Waals surface area contributed by atoms with E-state index < -0.39 is 0 Å². The predicted molar refractivity (Wildman–Crippen MR) is 82.3 cm³/mol. The third-order valence-electron chi connectivity index (χ3n) is 3.30. The highest BCUT2D eigenvalue weighted by Crippen LogP contribution is 2.24. The van der Waals surface area contributed by atoms with Crippen LogP contribution < -0.4 is 0 Å². The molecular weight excluding hydrogens is 244 g/mol. The molecular formula is C18H16N2. The lowest BCUT2D eigenvalue weighted by molar-refractivity contribution is 1.01. The maximum atomic E-state index is 4.82. The van der Waals surface area contributed by atoms with E-state index in [1.54, 1.807) is 0 Å². The summed E-state index contributed by atoms with van der Waals surface area (Å²) < 4.78 is 0. The standard InChI is InChI=1S/C18H16N2/c1-2-16-18(15-11-7-4-8-12-15)20-17(13-19-16)14-9-5-3-6-10-14/h3-13H,2H2,1H3. The minimum absolute atomic E-state index is 0.881. The fourth-order valence-corrected chi connectivity index (χ4v) is 2.25. The molecule has 2 aromatic carbocycles. The average Bonchev–Trinajstić information content (AvgIpc) is 2.56. The Morgan fingerprint density at radius 1 is 0.800 bits per heavy atom. The monoisotopic (exact) mass is 260 g/mol. The van der Waals surface area contributed by atoms with Crippen LogP contribution >= 0.6 is 0 Å². The highest BCUT2D eigenvalue weighted by Gasteiger charge is 2.09. The summed E-state index contributed by atoms with van der Waals surface area (Å²) in [5.74, 6) is 0. The average molecular weight is 260 g/mol. The Morgan fingerprint density at radius 3 is 2.00 bits per heavy atom. The number of hydrogen-bond acceptors (Lipinski definition) is 2. The van der Waals surface area contributed by atoms with Gasteiger partial charge in [-0.15, -0.1) is 0 Å². The molecule has 0 aliphatic rings. The molecule has 0 fully saturated rings. The van der Waals surface area contributed by atoms with Crippen molar-refractivity contribution in [3.63, 3.8) is 0 Å². The van der Waals surface area contributed by atoms with Crippen LogP contribution in [0.5, 0.6) is 0 Å². The van der Waals surface area contributed by atoms with E-state index in [2.05, 4.69) is 36.2 Å². The number of aryl methyl sites for hydroxylation is 1. The van der Waals surface area contributed by atoms with Gasteiger partial charge in [0.1, 0.15) is 0 Å². The lowest BCUT2D eigenvalue weighted by Crippen LogP contribution is -1.98. The minimum atomic E-state index is 0.881. The van der Waals surface area contributed by atoms with Gasteiger partial charge in [0.15, 0.2) is 0 Å². The zero-order valence-electron chi connectivity index (χ0n) is 11.5. The summed E-state index contributed by atoms with van der Waals surface area (Å²) in [6.45, 7) is 2.11. The molecule has 0 amide bonds. The summed E-state index contributed by atoms with van der Waals surface area (Å²) in [6.07, 6.45) is 2.74. The molecule has 0 aliphatic heterocycles. The number of nitrogens with zero attached hydrogens (tertiary/aromatic N) is 2. The molecule has 0 saturated carbocycles. The van der Waals surface area contributed by atoms with Gasteiger partial charge in [-0.2, -0.15) is 0 Å². The number of aromatic nitrogens is 2. The van der Waals surface area contributed by atoms with Crippen molar-refractivity contribution in [1.29, 1.82) is 0 Å². The molecule has 2 nitrogen and oxygen atoms in total. The Labute approximate surface area is 119 Å². The van der Waals surface area contributed by atoms with Gasteiger partial charge in [-0.25, -0.2) is 4.98 Å². The number of hydrogen-bond donors (Lipinski definition) is 0. The molecule has 0 atom stereocenters. The second-order valence-electron chi connectivity index (χ2n) is 4.64. The lowest BCUT2D eigenvalue weighted by Gasteiger charge is -2.09. The van der Waals surface area contributed by atoms with Crippen molar-refractivity contribution < 1.29 is 0 Å². The zero-order valence-corrected chi connectivity index (χ0v) is 11.5. The van der Waals surface area contributed by atoms with Gasteiger partial charge in [0.2, 0.25) is 0 Å². The first-order chi connectivity index (χ1) is 9.88. The fraction of sp³-hybridized carbons (Fsp3) is 0.111. The summed E-state index contributed by atoms with van der Waals surface area (Å²) >= 11 is 0. The van der Waals surface area contributed by atoms with Crippen LogP contribution in [-0.2, 0) is 6.42 Å². The van der Waals surface area contributed by atoms with Gasteiger partial charge in [-0.3, -0.25) is 4.98 Å². The zero-order chi connectivity index (χ0) is 13.8. The lowest BCUT2D eigenvalue weighted by atomic mass is 10.1. The van der Waals surface area contributed by atoms with Gasteiger partial charge in [-0.05, 0) is 6.42 Å². The fourth-order valence-electron chi connectivity index (χ4n) is 2.25. The first-order valence-electron chi connectivity index (χ1n) is 6.85. The van der Waals surface area contributed by atoms with Gasteiger partial charge in [-0.1, -0.05) is 67.6 Å². The minimum Gasteiger partial charge on any atom is -0.257 e. The molecule has 1 aromatic heterocycles. The number of benzene rings is 2. The van der Waals surface area contributed by atoms with Crippen molar-refractivity contribution in [3.8, 4) is 22.5 Å². The maximum Gasteiger partial charge on any atom is 0.0924 e. The largest absolute Gasteiger partial charge is 0.257 e. The van der Waals surface area contributed by atoms with Crippen LogP contribution in [0.2, 0.25) is 0 Å². The van der Waals surface area contributed by atoms with Crippen molar-refractivity contribution in [3.05, 3.63) is 72.6 Å². The molecule has 0 bridgehead atoms. The van der Waals surface area contributed by atoms with Crippen molar-refractivity contribution in [1.82, 2.24) is 9.97 Å². The van der Waals surface area contributed by atoms with Gasteiger partial charge < -0.3 is 0 Å². The van der Waals surface area contributed by atoms with E-state index in [1.165, 1.54) is 0 Å². The first kappa shape index (κ1) is 12.5. The summed E-state index contributed by atoms with van der Waals surface area (Å²) in [6, 6.07) is 20.4. The molecule has 0 N–H and O–H groups in total. The van der Waals surface area contributed by atoms with Crippen molar-refractivity contribution in [2.24, 2.45) is 0 Å². The molecule has 0 radical (unpaired) electrons. The molecule has 0 saturated heterocycles. The molecule has 3 aromatic rings. The Hall–Kier alpha value is -2.48. The van der Waals surface area contributed by atoms with Crippen LogP contribution in [0.4, 0.5) is 0 Å². The quantitative estimate of drug-likeness (QED) is 0.698. The Balaban J connectivity index is 2.13. The maximum absolute atomic E-state index is 4.82. The summed E-state index contributed by atoms with van der Waals surface area (Å²) in [7, 11) is 0. The van der Waals surface area contributed by atoms with E-state index >= 15 is 0 Å². The normalized spacial score (nSPS) is 10.4.